The first kappa shape index (κ1) is 17.7. The van der Waals surface area contributed by atoms with Crippen molar-refractivity contribution in [2.24, 2.45) is 0 Å². The van der Waals surface area contributed by atoms with Gasteiger partial charge in [0.25, 0.3) is 0 Å². The highest BCUT2D eigenvalue weighted by Crippen LogP contribution is 2.27. The third-order valence-corrected chi connectivity index (χ3v) is 3.91. The van der Waals surface area contributed by atoms with Crippen LogP contribution in [0.15, 0.2) is 36.4 Å². The van der Waals surface area contributed by atoms with Gasteiger partial charge in [0.1, 0.15) is 12.4 Å². The number of nitrogens with one attached hydrogen (secondary N) is 3. The van der Waals surface area contributed by atoms with Gasteiger partial charge < -0.3 is 15.2 Å². The number of aromatic amines is 1. The third kappa shape index (κ3) is 3.92. The predicted octanol–water partition coefficient (Wildman–Crippen LogP) is 2.52. The van der Waals surface area contributed by atoms with Gasteiger partial charge in [-0.25, -0.2) is 9.78 Å². The van der Waals surface area contributed by atoms with E-state index in [-0.39, 0.29) is 25.3 Å². The zero-order valence-corrected chi connectivity index (χ0v) is 14.6. The Morgan fingerprint density at radius 3 is 2.85 bits per heavy atom. The van der Waals surface area contributed by atoms with Gasteiger partial charge in [-0.05, 0) is 19.4 Å². The number of anilines is 1. The molecule has 0 aliphatic heterocycles. The number of ether oxygens (including phenoxy) is 1. The number of H-pyrrole nitrogens is 1. The molecule has 4 N–H and O–H groups in total. The maximum atomic E-state index is 12.2. The van der Waals surface area contributed by atoms with Crippen LogP contribution in [0.25, 0.3) is 10.9 Å². The van der Waals surface area contributed by atoms with Crippen LogP contribution < -0.4 is 15.4 Å². The molecule has 0 aliphatic carbocycles. The minimum Gasteiger partial charge on any atom is -0.474 e. The van der Waals surface area contributed by atoms with Gasteiger partial charge in [0.15, 0.2) is 0 Å². The van der Waals surface area contributed by atoms with Gasteiger partial charge in [-0.3, -0.25) is 10.4 Å². The molecular formula is C18H21N5O3. The van der Waals surface area contributed by atoms with E-state index >= 15 is 0 Å². The molecule has 8 heteroatoms. The number of aliphatic hydroxyl groups excluding tert-OH is 1. The highest BCUT2D eigenvalue weighted by atomic mass is 16.5. The molecule has 0 radical (unpaired) electrons. The number of aromatic nitrogens is 3. The zero-order chi connectivity index (χ0) is 18.5. The molecule has 2 heterocycles. The average molecular weight is 355 g/mol. The monoisotopic (exact) mass is 355 g/mol. The number of nitrogens with zero attached hydrogens (tertiary/aromatic N) is 2. The first-order valence-corrected chi connectivity index (χ1v) is 8.30. The molecule has 3 aromatic rings. The molecule has 0 saturated heterocycles. The number of urea groups is 1. The highest BCUT2D eigenvalue weighted by molar-refractivity contribution is 5.93. The lowest BCUT2D eigenvalue weighted by Gasteiger charge is -2.15. The van der Waals surface area contributed by atoms with Crippen molar-refractivity contribution in [3.63, 3.8) is 0 Å². The fourth-order valence-corrected chi connectivity index (χ4v) is 2.68. The number of aliphatic hydroxyl groups is 1. The number of amides is 2. The molecule has 2 aromatic heterocycles. The molecule has 0 aliphatic rings. The Morgan fingerprint density at radius 1 is 1.35 bits per heavy atom. The normalized spacial score (nSPS) is 12.0. The summed E-state index contributed by atoms with van der Waals surface area (Å²) in [5, 5.41) is 22.1. The fraction of sp³-hybridized carbons (Fsp3) is 0.278. The van der Waals surface area contributed by atoms with Gasteiger partial charge in [0.05, 0.1) is 29.2 Å². The van der Waals surface area contributed by atoms with E-state index in [1.54, 1.807) is 13.0 Å². The van der Waals surface area contributed by atoms with Crippen molar-refractivity contribution >= 4 is 22.8 Å². The Labute approximate surface area is 150 Å². The van der Waals surface area contributed by atoms with Gasteiger partial charge in [-0.1, -0.05) is 30.3 Å². The Hall–Kier alpha value is -3.13. The number of hydrogen-bond acceptors (Lipinski definition) is 5. The Morgan fingerprint density at radius 2 is 2.12 bits per heavy atom. The van der Waals surface area contributed by atoms with Gasteiger partial charge in [-0.15, -0.1) is 5.10 Å². The summed E-state index contributed by atoms with van der Waals surface area (Å²) < 4.78 is 5.38. The van der Waals surface area contributed by atoms with E-state index in [4.69, 9.17) is 9.84 Å². The molecule has 26 heavy (non-hydrogen) atoms. The Kier molecular flexibility index (Phi) is 5.33. The van der Waals surface area contributed by atoms with Crippen molar-refractivity contribution < 1.29 is 14.6 Å². The molecule has 1 atom stereocenters. The maximum absolute atomic E-state index is 12.2. The summed E-state index contributed by atoms with van der Waals surface area (Å²) in [5.74, 6) is 0.790. The molecule has 3 rings (SSSR count). The van der Waals surface area contributed by atoms with E-state index < -0.39 is 0 Å². The summed E-state index contributed by atoms with van der Waals surface area (Å²) in [6, 6.07) is 10.9. The summed E-state index contributed by atoms with van der Waals surface area (Å²) in [5.41, 5.74) is 2.37. The SMILES string of the molecule is Cc1nc(NC(=O)NC(C)c2ccccc2)cc2[nH]nc(OCCO)c12. The third-order valence-electron chi connectivity index (χ3n) is 3.91. The van der Waals surface area contributed by atoms with E-state index in [9.17, 15) is 4.79 Å². The molecular weight excluding hydrogens is 334 g/mol. The number of pyridine rings is 1. The van der Waals surface area contributed by atoms with Gasteiger partial charge >= 0.3 is 6.03 Å². The van der Waals surface area contributed by atoms with Gasteiger partial charge in [0, 0.05) is 6.07 Å². The van der Waals surface area contributed by atoms with Crippen LogP contribution in [0.5, 0.6) is 5.88 Å². The first-order chi connectivity index (χ1) is 12.6. The van der Waals surface area contributed by atoms with Gasteiger partial charge in [-0.2, -0.15) is 0 Å². The molecule has 0 spiro atoms. The smallest absolute Gasteiger partial charge is 0.320 e. The van der Waals surface area contributed by atoms with Crippen molar-refractivity contribution in [2.45, 2.75) is 19.9 Å². The minimum absolute atomic E-state index is 0.0970. The van der Waals surface area contributed by atoms with Crippen molar-refractivity contribution in [1.29, 1.82) is 0 Å². The Balaban J connectivity index is 1.71. The zero-order valence-electron chi connectivity index (χ0n) is 14.6. The first-order valence-electron chi connectivity index (χ1n) is 8.30. The van der Waals surface area contributed by atoms with Crippen LogP contribution in [0.4, 0.5) is 10.6 Å². The number of carbonyl (C=O) groups is 1. The quantitative estimate of drug-likeness (QED) is 0.543. The molecule has 0 fully saturated rings. The maximum Gasteiger partial charge on any atom is 0.320 e. The van der Waals surface area contributed by atoms with Crippen LogP contribution in [0.3, 0.4) is 0 Å². The topological polar surface area (TPSA) is 112 Å². The predicted molar refractivity (Wildman–Crippen MR) is 98.2 cm³/mol. The summed E-state index contributed by atoms with van der Waals surface area (Å²) in [6.45, 7) is 3.77. The van der Waals surface area contributed by atoms with Crippen molar-refractivity contribution in [3.05, 3.63) is 47.7 Å². The second-order valence-corrected chi connectivity index (χ2v) is 5.85. The standard InChI is InChI=1S/C18H21N5O3/c1-11(13-6-4-3-5-7-13)20-18(25)21-15-10-14-16(12(2)19-15)17(23-22-14)26-9-8-24/h3-7,10-11,24H,8-9H2,1-2H3,(H,22,23)(H2,19,20,21,25). The van der Waals surface area contributed by atoms with Crippen LogP contribution >= 0.6 is 0 Å². The van der Waals surface area contributed by atoms with Crippen LogP contribution in [-0.4, -0.2) is 39.5 Å². The van der Waals surface area contributed by atoms with Crippen LogP contribution in [0.1, 0.15) is 24.2 Å². The average Bonchev–Trinajstić information content (AvgIpc) is 3.04. The van der Waals surface area contributed by atoms with E-state index in [0.29, 0.717) is 22.9 Å². The summed E-state index contributed by atoms with van der Waals surface area (Å²) in [4.78, 5) is 16.6. The molecule has 1 aromatic carbocycles. The summed E-state index contributed by atoms with van der Waals surface area (Å²) in [6.07, 6.45) is 0. The number of aryl methyl sites for hydroxylation is 1. The molecule has 1 unspecified atom stereocenters. The molecule has 8 nitrogen and oxygen atoms in total. The second-order valence-electron chi connectivity index (χ2n) is 5.85. The molecule has 136 valence electrons. The van der Waals surface area contributed by atoms with Gasteiger partial charge in [0.2, 0.25) is 5.88 Å². The number of fused-ring (bicyclic) bond motifs is 1. The number of hydrogen-bond donors (Lipinski definition) is 4. The molecule has 2 amide bonds. The van der Waals surface area contributed by atoms with E-state index in [2.05, 4.69) is 25.8 Å². The number of carbonyl (C=O) groups excluding carboxylic acids is 1. The number of benzene rings is 1. The summed E-state index contributed by atoms with van der Waals surface area (Å²) in [7, 11) is 0. The van der Waals surface area contributed by atoms with Crippen molar-refractivity contribution in [2.75, 3.05) is 18.5 Å². The Bertz CT molecular complexity index is 894. The molecule has 0 saturated carbocycles. The highest BCUT2D eigenvalue weighted by Gasteiger charge is 2.14. The van der Waals surface area contributed by atoms with E-state index in [1.165, 1.54) is 0 Å². The van der Waals surface area contributed by atoms with Crippen molar-refractivity contribution in [3.8, 4) is 5.88 Å². The van der Waals surface area contributed by atoms with Crippen LogP contribution in [0, 0.1) is 6.92 Å². The fourth-order valence-electron chi connectivity index (χ4n) is 2.68. The molecule has 0 bridgehead atoms. The largest absolute Gasteiger partial charge is 0.474 e. The summed E-state index contributed by atoms with van der Waals surface area (Å²) >= 11 is 0. The van der Waals surface area contributed by atoms with Crippen LogP contribution in [-0.2, 0) is 0 Å². The lowest BCUT2D eigenvalue weighted by molar-refractivity contribution is 0.198. The van der Waals surface area contributed by atoms with E-state index in [0.717, 1.165) is 10.9 Å². The second kappa shape index (κ2) is 7.83. The number of rotatable bonds is 6. The lowest BCUT2D eigenvalue weighted by Crippen LogP contribution is -2.31. The van der Waals surface area contributed by atoms with Crippen molar-refractivity contribution in [1.82, 2.24) is 20.5 Å². The van der Waals surface area contributed by atoms with E-state index in [1.807, 2.05) is 37.3 Å². The minimum atomic E-state index is -0.344. The lowest BCUT2D eigenvalue weighted by atomic mass is 10.1. The van der Waals surface area contributed by atoms with Crippen LogP contribution in [0.2, 0.25) is 0 Å².